The van der Waals surface area contributed by atoms with Crippen LogP contribution in [0.2, 0.25) is 0 Å². The summed E-state index contributed by atoms with van der Waals surface area (Å²) in [5.41, 5.74) is 3.90. The molecule has 8 nitrogen and oxygen atoms in total. The van der Waals surface area contributed by atoms with Crippen LogP contribution < -0.4 is 10.1 Å². The molecule has 158 valence electrons. The van der Waals surface area contributed by atoms with Crippen molar-refractivity contribution in [3.63, 3.8) is 0 Å². The maximum atomic E-state index is 13.1. The van der Waals surface area contributed by atoms with Gasteiger partial charge in [0, 0.05) is 12.8 Å². The molecule has 0 radical (unpaired) electrons. The summed E-state index contributed by atoms with van der Waals surface area (Å²) < 4.78 is 25.2. The number of anilines is 1. The number of fused-ring (bicyclic) bond motifs is 1. The van der Waals surface area contributed by atoms with E-state index in [1.165, 1.54) is 24.3 Å². The molecule has 0 saturated heterocycles. The number of methoxy groups -OCH3 is 2. The highest BCUT2D eigenvalue weighted by atomic mass is 19.1. The maximum Gasteiger partial charge on any atom is 0.278 e. The van der Waals surface area contributed by atoms with Crippen LogP contribution in [0.5, 0.6) is 5.75 Å². The normalized spacial score (nSPS) is 11.0. The number of nitrogens with one attached hydrogen (secondary N) is 1. The van der Waals surface area contributed by atoms with E-state index < -0.39 is 5.91 Å². The molecule has 0 aliphatic heterocycles. The molecule has 4 aromatic rings. The second-order valence-corrected chi connectivity index (χ2v) is 6.81. The average Bonchev–Trinajstić information content (AvgIpc) is 3.15. The fourth-order valence-electron chi connectivity index (χ4n) is 3.27. The molecule has 0 unspecified atom stereocenters. The van der Waals surface area contributed by atoms with Crippen LogP contribution in [0.1, 0.15) is 21.9 Å². The Morgan fingerprint density at radius 2 is 1.77 bits per heavy atom. The van der Waals surface area contributed by atoms with E-state index in [1.54, 1.807) is 25.7 Å². The minimum Gasteiger partial charge on any atom is -0.497 e. The fourth-order valence-corrected chi connectivity index (χ4v) is 3.27. The Kier molecular flexibility index (Phi) is 5.59. The van der Waals surface area contributed by atoms with E-state index >= 15 is 0 Å². The van der Waals surface area contributed by atoms with Gasteiger partial charge in [-0.2, -0.15) is 5.10 Å². The van der Waals surface area contributed by atoms with Gasteiger partial charge in [0.25, 0.3) is 5.91 Å². The van der Waals surface area contributed by atoms with Crippen molar-refractivity contribution in [2.45, 2.75) is 13.5 Å². The maximum absolute atomic E-state index is 13.1. The number of carbonyl (C=O) groups is 1. The van der Waals surface area contributed by atoms with Crippen molar-refractivity contribution < 1.29 is 18.7 Å². The number of aryl methyl sites for hydroxylation is 1. The summed E-state index contributed by atoms with van der Waals surface area (Å²) in [6, 6.07) is 13.0. The van der Waals surface area contributed by atoms with Gasteiger partial charge >= 0.3 is 0 Å². The summed E-state index contributed by atoms with van der Waals surface area (Å²) in [5.74, 6) is -0.118. The zero-order valence-corrected chi connectivity index (χ0v) is 17.2. The van der Waals surface area contributed by atoms with Crippen LogP contribution in [0.3, 0.4) is 0 Å². The van der Waals surface area contributed by atoms with Crippen LogP contribution in [0.15, 0.2) is 48.5 Å². The summed E-state index contributed by atoms with van der Waals surface area (Å²) >= 11 is 0. The van der Waals surface area contributed by atoms with Crippen molar-refractivity contribution in [2.24, 2.45) is 0 Å². The lowest BCUT2D eigenvalue weighted by Crippen LogP contribution is -2.18. The smallest absolute Gasteiger partial charge is 0.278 e. The van der Waals surface area contributed by atoms with Crippen LogP contribution in [0.25, 0.3) is 16.8 Å². The minimum atomic E-state index is -0.465. The van der Waals surface area contributed by atoms with Crippen LogP contribution in [0, 0.1) is 12.7 Å². The quantitative estimate of drug-likeness (QED) is 0.511. The number of hydrogen-bond acceptors (Lipinski definition) is 6. The SMILES string of the molecule is COCc1nn2c(C)c(C(=O)Nc3ccc(F)cc3)nnc2c1-c1ccc(OC)cc1. The van der Waals surface area contributed by atoms with Gasteiger partial charge < -0.3 is 14.8 Å². The lowest BCUT2D eigenvalue weighted by molar-refractivity contribution is 0.102. The molecule has 0 fully saturated rings. The molecular formula is C22H20FN5O3. The van der Waals surface area contributed by atoms with Gasteiger partial charge in [-0.3, -0.25) is 4.79 Å². The number of ether oxygens (including phenoxy) is 2. The number of aromatic nitrogens is 4. The molecule has 0 atom stereocenters. The largest absolute Gasteiger partial charge is 0.497 e. The predicted octanol–water partition coefficient (Wildman–Crippen LogP) is 3.65. The average molecular weight is 421 g/mol. The molecule has 1 N–H and O–H groups in total. The van der Waals surface area contributed by atoms with Crippen molar-refractivity contribution >= 4 is 17.2 Å². The molecule has 0 aliphatic rings. The highest BCUT2D eigenvalue weighted by Gasteiger charge is 2.22. The van der Waals surface area contributed by atoms with Gasteiger partial charge in [-0.15, -0.1) is 10.2 Å². The van der Waals surface area contributed by atoms with Crippen LogP contribution in [-0.4, -0.2) is 39.9 Å². The minimum absolute atomic E-state index is 0.115. The highest BCUT2D eigenvalue weighted by Crippen LogP contribution is 2.30. The Morgan fingerprint density at radius 1 is 1.06 bits per heavy atom. The van der Waals surface area contributed by atoms with Gasteiger partial charge in [-0.05, 0) is 48.9 Å². The zero-order valence-electron chi connectivity index (χ0n) is 17.2. The Labute approximate surface area is 177 Å². The Balaban J connectivity index is 1.76. The van der Waals surface area contributed by atoms with Crippen molar-refractivity contribution in [1.29, 1.82) is 0 Å². The van der Waals surface area contributed by atoms with Crippen molar-refractivity contribution in [2.75, 3.05) is 19.5 Å². The van der Waals surface area contributed by atoms with Crippen LogP contribution >= 0.6 is 0 Å². The monoisotopic (exact) mass is 421 g/mol. The van der Waals surface area contributed by atoms with Gasteiger partial charge in [-0.25, -0.2) is 8.91 Å². The Morgan fingerprint density at radius 3 is 2.42 bits per heavy atom. The van der Waals surface area contributed by atoms with E-state index in [0.717, 1.165) is 16.9 Å². The molecule has 2 heterocycles. The van der Waals surface area contributed by atoms with E-state index in [0.29, 0.717) is 22.7 Å². The molecule has 2 aromatic heterocycles. The van der Waals surface area contributed by atoms with Crippen LogP contribution in [0.4, 0.5) is 10.1 Å². The lowest BCUT2D eigenvalue weighted by Gasteiger charge is -2.08. The molecule has 0 spiro atoms. The third kappa shape index (κ3) is 3.95. The zero-order chi connectivity index (χ0) is 22.0. The predicted molar refractivity (Wildman–Crippen MR) is 113 cm³/mol. The first-order chi connectivity index (χ1) is 15.0. The highest BCUT2D eigenvalue weighted by molar-refractivity contribution is 6.03. The molecule has 0 saturated carbocycles. The van der Waals surface area contributed by atoms with Gasteiger partial charge in [0.05, 0.1) is 30.7 Å². The van der Waals surface area contributed by atoms with Gasteiger partial charge in [0.1, 0.15) is 11.6 Å². The second-order valence-electron chi connectivity index (χ2n) is 6.81. The van der Waals surface area contributed by atoms with Crippen molar-refractivity contribution in [3.8, 4) is 16.9 Å². The van der Waals surface area contributed by atoms with Gasteiger partial charge in [0.2, 0.25) is 0 Å². The fraction of sp³-hybridized carbons (Fsp3) is 0.182. The number of amides is 1. The number of carbonyl (C=O) groups excluding carboxylic acids is 1. The summed E-state index contributed by atoms with van der Waals surface area (Å²) in [7, 11) is 3.19. The third-order valence-electron chi connectivity index (χ3n) is 4.82. The topological polar surface area (TPSA) is 90.6 Å². The van der Waals surface area contributed by atoms with E-state index in [9.17, 15) is 9.18 Å². The number of hydrogen-bond donors (Lipinski definition) is 1. The summed E-state index contributed by atoms with van der Waals surface area (Å²) in [5, 5.41) is 15.7. The molecule has 2 aromatic carbocycles. The number of benzene rings is 2. The number of halogens is 1. The van der Waals surface area contributed by atoms with Crippen LogP contribution in [-0.2, 0) is 11.3 Å². The second kappa shape index (κ2) is 8.49. The molecule has 0 aliphatic carbocycles. The first kappa shape index (κ1) is 20.4. The molecule has 4 rings (SSSR count). The van der Waals surface area contributed by atoms with E-state index in [1.807, 2.05) is 24.3 Å². The first-order valence-electron chi connectivity index (χ1n) is 9.47. The van der Waals surface area contributed by atoms with Crippen molar-refractivity contribution in [1.82, 2.24) is 19.8 Å². The molecule has 9 heteroatoms. The molecule has 31 heavy (non-hydrogen) atoms. The number of nitrogens with zero attached hydrogens (tertiary/aromatic N) is 4. The Hall–Kier alpha value is -3.85. The van der Waals surface area contributed by atoms with E-state index in [2.05, 4.69) is 20.6 Å². The van der Waals surface area contributed by atoms with Gasteiger partial charge in [-0.1, -0.05) is 12.1 Å². The molecule has 0 bridgehead atoms. The third-order valence-corrected chi connectivity index (χ3v) is 4.82. The number of rotatable bonds is 6. The first-order valence-corrected chi connectivity index (χ1v) is 9.47. The summed E-state index contributed by atoms with van der Waals surface area (Å²) in [6.45, 7) is 2.00. The van der Waals surface area contributed by atoms with Gasteiger partial charge in [0.15, 0.2) is 11.3 Å². The lowest BCUT2D eigenvalue weighted by atomic mass is 10.1. The summed E-state index contributed by atoms with van der Waals surface area (Å²) in [4.78, 5) is 12.7. The standard InChI is InChI=1S/C22H20FN5O3/c1-13-20(22(29)24-16-8-6-15(23)7-9-16)25-26-21-19(18(12-30-2)27-28(13)21)14-4-10-17(31-3)11-5-14/h4-11H,12H2,1-3H3,(H,24,29). The van der Waals surface area contributed by atoms with Crippen molar-refractivity contribution in [3.05, 3.63) is 71.4 Å². The molecular weight excluding hydrogens is 401 g/mol. The Bertz CT molecular complexity index is 1240. The molecule has 1 amide bonds. The summed E-state index contributed by atoms with van der Waals surface area (Å²) in [6.07, 6.45) is 0. The van der Waals surface area contributed by atoms with E-state index in [-0.39, 0.29) is 18.1 Å². The van der Waals surface area contributed by atoms with E-state index in [4.69, 9.17) is 9.47 Å².